The number of benzene rings is 2. The zero-order chi connectivity index (χ0) is 21.3. The highest BCUT2D eigenvalue weighted by Gasteiger charge is 2.10. The van der Waals surface area contributed by atoms with Crippen molar-refractivity contribution in [3.63, 3.8) is 0 Å². The van der Waals surface area contributed by atoms with E-state index in [-0.39, 0.29) is 5.91 Å². The quantitative estimate of drug-likeness (QED) is 0.303. The number of aryl methyl sites for hydroxylation is 1. The first kappa shape index (κ1) is 21.8. The van der Waals surface area contributed by atoms with Crippen LogP contribution in [0, 0.1) is 6.92 Å². The van der Waals surface area contributed by atoms with Crippen LogP contribution in [0.1, 0.15) is 36.5 Å². The molecule has 3 rings (SSSR count). The van der Waals surface area contributed by atoms with Crippen LogP contribution in [0.3, 0.4) is 0 Å². The number of aromatic amines is 1. The summed E-state index contributed by atoms with van der Waals surface area (Å²) in [5, 5.41) is 11.3. The fourth-order valence-electron chi connectivity index (χ4n) is 3.45. The van der Waals surface area contributed by atoms with Gasteiger partial charge < -0.3 is 20.9 Å². The number of thiocarbonyl (C=S) groups is 1. The van der Waals surface area contributed by atoms with Gasteiger partial charge in [-0.1, -0.05) is 49.2 Å². The number of carbonyl (C=O) groups is 1. The van der Waals surface area contributed by atoms with Gasteiger partial charge in [0, 0.05) is 35.9 Å². The summed E-state index contributed by atoms with van der Waals surface area (Å²) in [5.74, 6) is 0.0373. The van der Waals surface area contributed by atoms with Crippen LogP contribution in [-0.2, 0) is 17.6 Å². The van der Waals surface area contributed by atoms with Crippen LogP contribution in [0.2, 0.25) is 0 Å². The lowest BCUT2D eigenvalue weighted by Crippen LogP contribution is -2.31. The molecule has 0 aliphatic heterocycles. The van der Waals surface area contributed by atoms with Crippen molar-refractivity contribution in [2.75, 3.05) is 18.4 Å². The number of fused-ring (bicyclic) bond motifs is 1. The lowest BCUT2D eigenvalue weighted by atomic mass is 10.1. The highest BCUT2D eigenvalue weighted by molar-refractivity contribution is 7.80. The summed E-state index contributed by atoms with van der Waals surface area (Å²) in [6.07, 6.45) is 5.32. The third kappa shape index (κ3) is 6.07. The van der Waals surface area contributed by atoms with Gasteiger partial charge in [-0.25, -0.2) is 0 Å². The number of amides is 1. The van der Waals surface area contributed by atoms with Gasteiger partial charge in [-0.3, -0.25) is 4.79 Å². The standard InChI is InChI=1S/C24H30N4OS/c1-3-4-12-25-23(29)15-19-14-17(2)9-10-21(19)28-24(30)26-13-11-18-16-27-22-8-6-5-7-20(18)22/h5-10,14,16,27H,3-4,11-13,15H2,1-2H3,(H,25,29)(H2,26,28,30). The zero-order valence-corrected chi connectivity index (χ0v) is 18.5. The van der Waals surface area contributed by atoms with E-state index in [1.807, 2.05) is 31.2 Å². The van der Waals surface area contributed by atoms with Gasteiger partial charge in [0.15, 0.2) is 5.11 Å². The summed E-state index contributed by atoms with van der Waals surface area (Å²) in [6, 6.07) is 14.3. The number of rotatable bonds is 9. The predicted octanol–water partition coefficient (Wildman–Crippen LogP) is 4.46. The van der Waals surface area contributed by atoms with Crippen molar-refractivity contribution in [2.45, 2.75) is 39.5 Å². The van der Waals surface area contributed by atoms with Crippen molar-refractivity contribution in [2.24, 2.45) is 0 Å². The van der Waals surface area contributed by atoms with Gasteiger partial charge >= 0.3 is 0 Å². The van der Waals surface area contributed by atoms with Crippen molar-refractivity contribution in [3.8, 4) is 0 Å². The summed E-state index contributed by atoms with van der Waals surface area (Å²) in [5.41, 5.74) is 5.35. The summed E-state index contributed by atoms with van der Waals surface area (Å²) < 4.78 is 0. The Labute approximate surface area is 183 Å². The van der Waals surface area contributed by atoms with E-state index in [4.69, 9.17) is 12.2 Å². The van der Waals surface area contributed by atoms with Crippen LogP contribution in [0.4, 0.5) is 5.69 Å². The average molecular weight is 423 g/mol. The van der Waals surface area contributed by atoms with E-state index in [1.165, 1.54) is 10.9 Å². The maximum absolute atomic E-state index is 12.3. The second-order valence-electron chi connectivity index (χ2n) is 7.53. The average Bonchev–Trinajstić information content (AvgIpc) is 3.13. The van der Waals surface area contributed by atoms with Crippen molar-refractivity contribution in [3.05, 3.63) is 65.4 Å². The van der Waals surface area contributed by atoms with E-state index >= 15 is 0 Å². The minimum atomic E-state index is 0.0373. The smallest absolute Gasteiger partial charge is 0.224 e. The Hall–Kier alpha value is -2.86. The SMILES string of the molecule is CCCCNC(=O)Cc1cc(C)ccc1NC(=S)NCCc1c[nH]c2ccccc12. The van der Waals surface area contributed by atoms with Crippen LogP contribution < -0.4 is 16.0 Å². The molecule has 3 aromatic rings. The highest BCUT2D eigenvalue weighted by atomic mass is 32.1. The molecule has 0 saturated heterocycles. The molecule has 0 aliphatic carbocycles. The van der Waals surface area contributed by atoms with Crippen LogP contribution >= 0.6 is 12.2 Å². The molecule has 0 saturated carbocycles. The van der Waals surface area contributed by atoms with Crippen LogP contribution in [-0.4, -0.2) is 29.1 Å². The molecule has 158 valence electrons. The summed E-state index contributed by atoms with van der Waals surface area (Å²) in [7, 11) is 0. The van der Waals surface area contributed by atoms with Crippen molar-refractivity contribution in [1.29, 1.82) is 0 Å². The first-order valence-corrected chi connectivity index (χ1v) is 10.9. The molecule has 0 fully saturated rings. The molecule has 0 spiro atoms. The minimum Gasteiger partial charge on any atom is -0.362 e. The normalized spacial score (nSPS) is 10.7. The second kappa shape index (κ2) is 10.8. The third-order valence-electron chi connectivity index (χ3n) is 5.07. The summed E-state index contributed by atoms with van der Waals surface area (Å²) in [4.78, 5) is 15.6. The first-order valence-electron chi connectivity index (χ1n) is 10.5. The molecule has 1 heterocycles. The molecule has 0 bridgehead atoms. The molecule has 0 aliphatic rings. The lowest BCUT2D eigenvalue weighted by Gasteiger charge is -2.15. The molecule has 5 nitrogen and oxygen atoms in total. The number of hydrogen-bond acceptors (Lipinski definition) is 2. The largest absolute Gasteiger partial charge is 0.362 e. The topological polar surface area (TPSA) is 69.0 Å². The number of unbranched alkanes of at least 4 members (excludes halogenated alkanes) is 1. The number of para-hydroxylation sites is 1. The maximum Gasteiger partial charge on any atom is 0.224 e. The Balaban J connectivity index is 1.54. The molecule has 6 heteroatoms. The predicted molar refractivity (Wildman–Crippen MR) is 129 cm³/mol. The van der Waals surface area contributed by atoms with Gasteiger partial charge in [0.25, 0.3) is 0 Å². The lowest BCUT2D eigenvalue weighted by molar-refractivity contribution is -0.120. The summed E-state index contributed by atoms with van der Waals surface area (Å²) >= 11 is 5.49. The van der Waals surface area contributed by atoms with Gasteiger partial charge in [0.1, 0.15) is 0 Å². The Morgan fingerprint density at radius 1 is 1.07 bits per heavy atom. The number of aromatic nitrogens is 1. The van der Waals surface area contributed by atoms with E-state index in [0.717, 1.165) is 54.7 Å². The van der Waals surface area contributed by atoms with Gasteiger partial charge in [-0.2, -0.15) is 0 Å². The van der Waals surface area contributed by atoms with E-state index in [9.17, 15) is 4.79 Å². The van der Waals surface area contributed by atoms with Crippen LogP contribution in [0.5, 0.6) is 0 Å². The third-order valence-corrected chi connectivity index (χ3v) is 5.31. The molecule has 1 amide bonds. The van der Waals surface area contributed by atoms with Crippen molar-refractivity contribution < 1.29 is 4.79 Å². The molecule has 30 heavy (non-hydrogen) atoms. The summed E-state index contributed by atoms with van der Waals surface area (Å²) in [6.45, 7) is 5.59. The van der Waals surface area contributed by atoms with Crippen LogP contribution in [0.15, 0.2) is 48.7 Å². The molecule has 1 aromatic heterocycles. The monoisotopic (exact) mass is 422 g/mol. The molecule has 0 unspecified atom stereocenters. The maximum atomic E-state index is 12.3. The Morgan fingerprint density at radius 3 is 2.73 bits per heavy atom. The molecule has 0 atom stereocenters. The number of anilines is 1. The van der Waals surface area contributed by atoms with E-state index < -0.39 is 0 Å². The Kier molecular flexibility index (Phi) is 7.85. The Morgan fingerprint density at radius 2 is 1.90 bits per heavy atom. The van der Waals surface area contributed by atoms with Gasteiger partial charge in [-0.05, 0) is 55.2 Å². The van der Waals surface area contributed by atoms with E-state index in [2.05, 4.69) is 52.3 Å². The van der Waals surface area contributed by atoms with E-state index in [1.54, 1.807) is 0 Å². The van der Waals surface area contributed by atoms with Crippen LogP contribution in [0.25, 0.3) is 10.9 Å². The van der Waals surface area contributed by atoms with E-state index in [0.29, 0.717) is 11.5 Å². The zero-order valence-electron chi connectivity index (χ0n) is 17.7. The second-order valence-corrected chi connectivity index (χ2v) is 7.94. The molecule has 2 aromatic carbocycles. The van der Waals surface area contributed by atoms with Gasteiger partial charge in [0.2, 0.25) is 5.91 Å². The molecular formula is C24H30N4OS. The van der Waals surface area contributed by atoms with Gasteiger partial charge in [-0.15, -0.1) is 0 Å². The number of hydrogen-bond donors (Lipinski definition) is 4. The van der Waals surface area contributed by atoms with Crippen molar-refractivity contribution >= 4 is 39.8 Å². The van der Waals surface area contributed by atoms with Crippen molar-refractivity contribution in [1.82, 2.24) is 15.6 Å². The number of carbonyl (C=O) groups excluding carboxylic acids is 1. The molecule has 4 N–H and O–H groups in total. The molecule has 0 radical (unpaired) electrons. The fraction of sp³-hybridized carbons (Fsp3) is 0.333. The number of nitrogens with one attached hydrogen (secondary N) is 4. The minimum absolute atomic E-state index is 0.0373. The Bertz CT molecular complexity index is 1010. The first-order chi connectivity index (χ1) is 14.6. The fourth-order valence-corrected chi connectivity index (χ4v) is 3.66. The highest BCUT2D eigenvalue weighted by Crippen LogP contribution is 2.19. The van der Waals surface area contributed by atoms with Gasteiger partial charge in [0.05, 0.1) is 6.42 Å². The number of H-pyrrole nitrogens is 1. The molecular weight excluding hydrogens is 392 g/mol.